The predicted octanol–water partition coefficient (Wildman–Crippen LogP) is 2.19. The van der Waals surface area contributed by atoms with Crippen molar-refractivity contribution in [2.75, 3.05) is 11.8 Å². The maximum atomic E-state index is 12.7. The van der Waals surface area contributed by atoms with Gasteiger partial charge in [0, 0.05) is 23.2 Å². The average Bonchev–Trinajstić information content (AvgIpc) is 3.53. The summed E-state index contributed by atoms with van der Waals surface area (Å²) in [5, 5.41) is 4.08. The van der Waals surface area contributed by atoms with Crippen molar-refractivity contribution in [3.63, 3.8) is 0 Å². The first-order valence-corrected chi connectivity index (χ1v) is 11.6. The van der Waals surface area contributed by atoms with Crippen molar-refractivity contribution in [1.82, 2.24) is 10.3 Å². The molecule has 0 aliphatic carbocycles. The number of fused-ring (bicyclic) bond motifs is 1. The number of furan rings is 1. The standard InChI is InChI=1S/C20H15N3O8S2/c1-29-17-12(4-5-15(24)22-10-11-3-2-7-30-11)14(9-13-16(17)19(26)31-18(13)25)23-33(27,28)20-21-6-8-32-20/h2-9,23H,10H2,1H3,(H,22,24). The number of methoxy groups -OCH3 is 1. The highest BCUT2D eigenvalue weighted by molar-refractivity contribution is 7.94. The number of cyclic esters (lactones) is 2. The maximum absolute atomic E-state index is 12.7. The number of benzene rings is 1. The first-order valence-electron chi connectivity index (χ1n) is 9.22. The minimum atomic E-state index is -4.13. The number of hydrogen-bond acceptors (Lipinski definition) is 10. The van der Waals surface area contributed by atoms with Crippen molar-refractivity contribution < 1.29 is 36.7 Å². The molecule has 2 N–H and O–H groups in total. The molecule has 4 rings (SSSR count). The monoisotopic (exact) mass is 489 g/mol. The van der Waals surface area contributed by atoms with Crippen LogP contribution < -0.4 is 14.8 Å². The number of nitrogens with zero attached hydrogens (tertiary/aromatic N) is 1. The Labute approximate surface area is 191 Å². The van der Waals surface area contributed by atoms with Gasteiger partial charge in [0.2, 0.25) is 10.2 Å². The highest BCUT2D eigenvalue weighted by Crippen LogP contribution is 2.39. The van der Waals surface area contributed by atoms with Crippen LogP contribution in [0.1, 0.15) is 32.0 Å². The third kappa shape index (κ3) is 4.49. The Hall–Kier alpha value is -3.97. The number of carbonyl (C=O) groups is 3. The molecule has 0 saturated carbocycles. The van der Waals surface area contributed by atoms with Gasteiger partial charge in [-0.3, -0.25) is 9.52 Å². The van der Waals surface area contributed by atoms with E-state index in [9.17, 15) is 22.8 Å². The molecule has 0 fully saturated rings. The van der Waals surface area contributed by atoms with E-state index in [-0.39, 0.29) is 39.0 Å². The molecule has 0 spiro atoms. The Kier molecular flexibility index (Phi) is 5.98. The average molecular weight is 489 g/mol. The molecule has 1 aromatic carbocycles. The van der Waals surface area contributed by atoms with Crippen molar-refractivity contribution in [1.29, 1.82) is 0 Å². The number of carbonyl (C=O) groups excluding carboxylic acids is 3. The normalized spacial score (nSPS) is 13.1. The van der Waals surface area contributed by atoms with Gasteiger partial charge in [0.05, 0.1) is 31.2 Å². The van der Waals surface area contributed by atoms with Crippen LogP contribution in [-0.4, -0.2) is 38.4 Å². The number of sulfonamides is 1. The second-order valence-electron chi connectivity index (χ2n) is 6.50. The molecule has 3 aromatic rings. The van der Waals surface area contributed by atoms with Gasteiger partial charge in [-0.25, -0.2) is 14.6 Å². The summed E-state index contributed by atoms with van der Waals surface area (Å²) < 4.78 is 42.7. The number of aromatic nitrogens is 1. The summed E-state index contributed by atoms with van der Waals surface area (Å²) in [6.45, 7) is 0.127. The van der Waals surface area contributed by atoms with Gasteiger partial charge in [0.15, 0.2) is 0 Å². The van der Waals surface area contributed by atoms with Gasteiger partial charge in [-0.1, -0.05) is 0 Å². The minimum absolute atomic E-state index is 0.0381. The third-order valence-corrected chi connectivity index (χ3v) is 7.00. The predicted molar refractivity (Wildman–Crippen MR) is 115 cm³/mol. The van der Waals surface area contributed by atoms with Crippen LogP contribution in [0.3, 0.4) is 0 Å². The van der Waals surface area contributed by atoms with Crippen LogP contribution in [0.2, 0.25) is 0 Å². The van der Waals surface area contributed by atoms with Gasteiger partial charge in [-0.05, 0) is 24.3 Å². The van der Waals surface area contributed by atoms with E-state index < -0.39 is 27.9 Å². The van der Waals surface area contributed by atoms with E-state index in [1.54, 1.807) is 12.1 Å². The summed E-state index contributed by atoms with van der Waals surface area (Å²) in [6.07, 6.45) is 5.17. The van der Waals surface area contributed by atoms with Gasteiger partial charge in [0.1, 0.15) is 17.1 Å². The second-order valence-corrected chi connectivity index (χ2v) is 9.26. The smallest absolute Gasteiger partial charge is 0.350 e. The zero-order valence-corrected chi connectivity index (χ0v) is 18.5. The summed E-state index contributed by atoms with van der Waals surface area (Å²) in [5.41, 5.74) is -0.415. The lowest BCUT2D eigenvalue weighted by Crippen LogP contribution is -2.20. The van der Waals surface area contributed by atoms with E-state index in [1.165, 1.54) is 31.0 Å². The molecule has 1 aliphatic heterocycles. The Morgan fingerprint density at radius 1 is 1.30 bits per heavy atom. The molecule has 2 aromatic heterocycles. The summed E-state index contributed by atoms with van der Waals surface area (Å²) in [4.78, 5) is 40.3. The molecular formula is C20H15N3O8S2. The van der Waals surface area contributed by atoms with Crippen LogP contribution in [0.25, 0.3) is 6.08 Å². The van der Waals surface area contributed by atoms with Crippen LogP contribution in [0.4, 0.5) is 5.69 Å². The molecule has 11 nitrogen and oxygen atoms in total. The van der Waals surface area contributed by atoms with Gasteiger partial charge < -0.3 is 19.2 Å². The number of anilines is 1. The van der Waals surface area contributed by atoms with Gasteiger partial charge in [-0.2, -0.15) is 8.42 Å². The van der Waals surface area contributed by atoms with Crippen LogP contribution in [0, 0.1) is 0 Å². The molecule has 0 saturated heterocycles. The zero-order chi connectivity index (χ0) is 23.6. The highest BCUT2D eigenvalue weighted by Gasteiger charge is 2.36. The van der Waals surface area contributed by atoms with Crippen LogP contribution >= 0.6 is 11.3 Å². The van der Waals surface area contributed by atoms with E-state index >= 15 is 0 Å². The molecule has 1 amide bonds. The van der Waals surface area contributed by atoms with E-state index in [0.717, 1.165) is 23.5 Å². The van der Waals surface area contributed by atoms with E-state index in [4.69, 9.17) is 9.15 Å². The lowest BCUT2D eigenvalue weighted by Gasteiger charge is -2.15. The molecule has 13 heteroatoms. The number of hydrogen-bond donors (Lipinski definition) is 2. The number of nitrogens with one attached hydrogen (secondary N) is 2. The second kappa shape index (κ2) is 8.88. The Morgan fingerprint density at radius 3 is 2.79 bits per heavy atom. The lowest BCUT2D eigenvalue weighted by molar-refractivity contribution is -0.116. The molecule has 33 heavy (non-hydrogen) atoms. The molecule has 0 atom stereocenters. The number of ether oxygens (including phenoxy) is 2. The molecule has 3 heterocycles. The number of esters is 2. The van der Waals surface area contributed by atoms with Crippen molar-refractivity contribution in [2.45, 2.75) is 10.9 Å². The van der Waals surface area contributed by atoms with Crippen molar-refractivity contribution in [3.05, 3.63) is 64.6 Å². The summed E-state index contributed by atoms with van der Waals surface area (Å²) in [6, 6.07) is 4.51. The van der Waals surface area contributed by atoms with E-state index in [2.05, 4.69) is 19.8 Å². The minimum Gasteiger partial charge on any atom is -0.495 e. The largest absolute Gasteiger partial charge is 0.495 e. The van der Waals surface area contributed by atoms with Gasteiger partial charge in [-0.15, -0.1) is 11.3 Å². The quantitative estimate of drug-likeness (QED) is 0.275. The van der Waals surface area contributed by atoms with Gasteiger partial charge in [0.25, 0.3) is 10.0 Å². The van der Waals surface area contributed by atoms with Gasteiger partial charge >= 0.3 is 11.9 Å². The third-order valence-electron chi connectivity index (χ3n) is 4.44. The fourth-order valence-corrected chi connectivity index (χ4v) is 4.93. The van der Waals surface area contributed by atoms with Crippen LogP contribution in [-0.2, 0) is 26.1 Å². The van der Waals surface area contributed by atoms with E-state index in [0.29, 0.717) is 5.76 Å². The van der Waals surface area contributed by atoms with E-state index in [1.807, 2.05) is 0 Å². The maximum Gasteiger partial charge on any atom is 0.350 e. The molecule has 170 valence electrons. The highest BCUT2D eigenvalue weighted by atomic mass is 32.2. The van der Waals surface area contributed by atoms with Crippen molar-refractivity contribution in [2.24, 2.45) is 0 Å². The first-order chi connectivity index (χ1) is 15.8. The number of amides is 1. The fourth-order valence-electron chi connectivity index (χ4n) is 3.03. The molecule has 0 bridgehead atoms. The molecular weight excluding hydrogens is 474 g/mol. The van der Waals surface area contributed by atoms with Crippen molar-refractivity contribution in [3.8, 4) is 5.75 Å². The Morgan fingerprint density at radius 2 is 2.12 bits per heavy atom. The molecule has 0 unspecified atom stereocenters. The molecule has 1 aliphatic rings. The summed E-state index contributed by atoms with van der Waals surface area (Å²) in [7, 11) is -2.89. The van der Waals surface area contributed by atoms with Crippen LogP contribution in [0.15, 0.2) is 50.9 Å². The SMILES string of the molecule is COc1c(C=CC(=O)NCc2ccco2)c(NS(=O)(=O)c2nccs2)cc2c1C(=O)OC2=O. The fraction of sp³-hybridized carbons (Fsp3) is 0.100. The number of thiazole rings is 1. The Bertz CT molecular complexity index is 1360. The molecule has 0 radical (unpaired) electrons. The topological polar surface area (TPSA) is 154 Å². The van der Waals surface area contributed by atoms with Crippen LogP contribution in [0.5, 0.6) is 5.75 Å². The summed E-state index contributed by atoms with van der Waals surface area (Å²) >= 11 is 0.885. The summed E-state index contributed by atoms with van der Waals surface area (Å²) in [5.74, 6) is -2.02. The number of rotatable bonds is 8. The zero-order valence-electron chi connectivity index (χ0n) is 16.9. The Balaban J connectivity index is 1.73. The van der Waals surface area contributed by atoms with Crippen molar-refractivity contribution >= 4 is 51.0 Å². The first kappa shape index (κ1) is 22.2. The lowest BCUT2D eigenvalue weighted by atomic mass is 10.0.